The normalized spacial score (nSPS) is 28.9. The number of nitrogens with zero attached hydrogens (tertiary/aromatic N) is 2. The van der Waals surface area contributed by atoms with Crippen LogP contribution in [-0.4, -0.2) is 43.4 Å². The highest BCUT2D eigenvalue weighted by molar-refractivity contribution is 4.57. The lowest BCUT2D eigenvalue weighted by Crippen LogP contribution is -2.37. The maximum atomic E-state index is 10.6. The van der Waals surface area contributed by atoms with Gasteiger partial charge in [-0.25, -0.2) is 0 Å². The number of quaternary nitrogens is 1. The van der Waals surface area contributed by atoms with Gasteiger partial charge in [0.2, 0.25) is 0 Å². The maximum Gasteiger partial charge on any atom is 0.123 e. The molecule has 1 fully saturated rings. The van der Waals surface area contributed by atoms with Crippen molar-refractivity contribution in [1.82, 2.24) is 5.06 Å². The molecule has 0 aliphatic carbocycles. The quantitative estimate of drug-likeness (QED) is 0.411. The minimum absolute atomic E-state index is 0.653. The van der Waals surface area contributed by atoms with Gasteiger partial charge in [0.25, 0.3) is 0 Å². The molecule has 0 radical (unpaired) electrons. The van der Waals surface area contributed by atoms with Gasteiger partial charge in [-0.15, -0.1) is 0 Å². The minimum atomic E-state index is 0.653. The summed E-state index contributed by atoms with van der Waals surface area (Å²) < 4.78 is 0.851. The largest absolute Gasteiger partial charge is 0.781 e. The van der Waals surface area contributed by atoms with Crippen LogP contribution in [0.15, 0.2) is 0 Å². The van der Waals surface area contributed by atoms with Crippen molar-refractivity contribution in [2.75, 3.05) is 33.9 Å². The van der Waals surface area contributed by atoms with Gasteiger partial charge in [0, 0.05) is 6.54 Å². The molecule has 1 aliphatic heterocycles. The van der Waals surface area contributed by atoms with Crippen LogP contribution in [0, 0.1) is 5.21 Å². The number of likely N-dealkylation sites (N-methyl/N-ethyl adjacent to an activating group) is 1. The van der Waals surface area contributed by atoms with E-state index in [-0.39, 0.29) is 0 Å². The molecule has 1 heterocycles. The van der Waals surface area contributed by atoms with Crippen LogP contribution < -0.4 is 0 Å². The maximum absolute atomic E-state index is 10.6. The topological polar surface area (TPSA) is 26.3 Å². The Morgan fingerprint density at radius 1 is 1.50 bits per heavy atom. The highest BCUT2D eigenvalue weighted by Crippen LogP contribution is 2.06. The molecule has 0 aromatic heterocycles. The molecule has 0 saturated carbocycles. The average Bonchev–Trinajstić information content (AvgIpc) is 1.82. The van der Waals surface area contributed by atoms with E-state index >= 15 is 0 Å². The smallest absolute Gasteiger partial charge is 0.123 e. The highest BCUT2D eigenvalue weighted by atomic mass is 16.5. The molecule has 8 heavy (non-hydrogen) atoms. The summed E-state index contributed by atoms with van der Waals surface area (Å²) in [5, 5.41) is 11.7. The summed E-state index contributed by atoms with van der Waals surface area (Å²) in [7, 11) is 4.13. The third kappa shape index (κ3) is 1.18. The van der Waals surface area contributed by atoms with Gasteiger partial charge in [-0.2, -0.15) is 0 Å². The molecule has 1 rings (SSSR count). The molecule has 3 heteroatoms. The molecular weight excluding hydrogens is 104 g/mol. The van der Waals surface area contributed by atoms with Gasteiger partial charge in [0.1, 0.15) is 6.67 Å². The molecule has 3 nitrogen and oxygen atoms in total. The Morgan fingerprint density at radius 3 is 2.25 bits per heavy atom. The SMILES string of the molecule is C[N+]1(C)CCN([O-])C1. The van der Waals surface area contributed by atoms with Gasteiger partial charge in [-0.1, -0.05) is 0 Å². The van der Waals surface area contributed by atoms with Crippen molar-refractivity contribution in [2.24, 2.45) is 0 Å². The zero-order valence-corrected chi connectivity index (χ0v) is 5.42. The summed E-state index contributed by atoms with van der Waals surface area (Å²) in [6.45, 7) is 2.34. The lowest BCUT2D eigenvalue weighted by atomic mass is 10.6. The van der Waals surface area contributed by atoms with E-state index in [0.29, 0.717) is 13.2 Å². The molecule has 1 aliphatic rings. The van der Waals surface area contributed by atoms with Crippen LogP contribution in [0.25, 0.3) is 0 Å². The van der Waals surface area contributed by atoms with Crippen molar-refractivity contribution in [3.8, 4) is 0 Å². The van der Waals surface area contributed by atoms with Crippen LogP contribution in [0.5, 0.6) is 0 Å². The van der Waals surface area contributed by atoms with E-state index in [1.165, 1.54) is 0 Å². The summed E-state index contributed by atoms with van der Waals surface area (Å²) >= 11 is 0. The van der Waals surface area contributed by atoms with Crippen molar-refractivity contribution < 1.29 is 4.48 Å². The number of hydroxylamine groups is 2. The van der Waals surface area contributed by atoms with Crippen molar-refractivity contribution in [3.05, 3.63) is 5.21 Å². The summed E-state index contributed by atoms with van der Waals surface area (Å²) in [5.41, 5.74) is 0. The molecule has 0 atom stereocenters. The Balaban J connectivity index is 2.44. The highest BCUT2D eigenvalue weighted by Gasteiger charge is 2.21. The van der Waals surface area contributed by atoms with Crippen LogP contribution >= 0.6 is 0 Å². The zero-order chi connectivity index (χ0) is 6.20. The van der Waals surface area contributed by atoms with Crippen LogP contribution in [0.4, 0.5) is 0 Å². The fraction of sp³-hybridized carbons (Fsp3) is 1.00. The van der Waals surface area contributed by atoms with Gasteiger partial charge >= 0.3 is 0 Å². The zero-order valence-electron chi connectivity index (χ0n) is 5.42. The third-order valence-electron chi connectivity index (χ3n) is 1.50. The Kier molecular flexibility index (Phi) is 1.27. The number of hydrogen-bond acceptors (Lipinski definition) is 2. The molecule has 0 N–H and O–H groups in total. The van der Waals surface area contributed by atoms with Gasteiger partial charge in [-0.05, 0) is 0 Å². The molecule has 1 saturated heterocycles. The summed E-state index contributed by atoms with van der Waals surface area (Å²) in [6, 6.07) is 0. The predicted molar refractivity (Wildman–Crippen MR) is 31.9 cm³/mol. The number of rotatable bonds is 0. The second-order valence-corrected chi connectivity index (χ2v) is 3.01. The number of hydrogen-bond donors (Lipinski definition) is 0. The average molecular weight is 116 g/mol. The fourth-order valence-corrected chi connectivity index (χ4v) is 0.951. The second kappa shape index (κ2) is 1.69. The van der Waals surface area contributed by atoms with Crippen LogP contribution in [0.2, 0.25) is 0 Å². The first kappa shape index (κ1) is 6.01. The van der Waals surface area contributed by atoms with Crippen molar-refractivity contribution in [3.63, 3.8) is 0 Å². The Labute approximate surface area is 49.7 Å². The first-order valence-electron chi connectivity index (χ1n) is 2.84. The lowest BCUT2D eigenvalue weighted by molar-refractivity contribution is -0.881. The Bertz CT molecular complexity index is 92.4. The standard InChI is InChI=1S/C5H12N2O/c1-7(2)4-3-6(8)5-7/h3-5H2,1-2H3. The molecule has 0 unspecified atom stereocenters. The summed E-state index contributed by atoms with van der Waals surface area (Å²) in [5.74, 6) is 0. The molecule has 0 aromatic carbocycles. The molecular formula is C5H12N2O. The van der Waals surface area contributed by atoms with Gasteiger partial charge in [0.05, 0.1) is 20.6 Å². The molecule has 0 amide bonds. The van der Waals surface area contributed by atoms with E-state index in [1.54, 1.807) is 0 Å². The van der Waals surface area contributed by atoms with Crippen LogP contribution in [0.3, 0.4) is 0 Å². The molecule has 0 bridgehead atoms. The van der Waals surface area contributed by atoms with Crippen LogP contribution in [0.1, 0.15) is 0 Å². The first-order chi connectivity index (χ1) is 3.60. The second-order valence-electron chi connectivity index (χ2n) is 3.01. The van der Waals surface area contributed by atoms with Gasteiger partial charge in [0.15, 0.2) is 0 Å². The lowest BCUT2D eigenvalue weighted by Gasteiger charge is -2.25. The van der Waals surface area contributed by atoms with E-state index < -0.39 is 0 Å². The third-order valence-corrected chi connectivity index (χ3v) is 1.50. The molecule has 48 valence electrons. The Hall–Kier alpha value is -0.120. The molecule has 0 spiro atoms. The van der Waals surface area contributed by atoms with Crippen molar-refractivity contribution in [2.45, 2.75) is 0 Å². The summed E-state index contributed by atoms with van der Waals surface area (Å²) in [6.07, 6.45) is 0. The monoisotopic (exact) mass is 116 g/mol. The first-order valence-corrected chi connectivity index (χ1v) is 2.84. The van der Waals surface area contributed by atoms with E-state index in [1.807, 2.05) is 0 Å². The van der Waals surface area contributed by atoms with Gasteiger partial charge in [-0.3, -0.25) is 0 Å². The van der Waals surface area contributed by atoms with Gasteiger partial charge < -0.3 is 14.8 Å². The fourth-order valence-electron chi connectivity index (χ4n) is 0.951. The Morgan fingerprint density at radius 2 is 2.12 bits per heavy atom. The van der Waals surface area contributed by atoms with E-state index in [2.05, 4.69) is 14.1 Å². The van der Waals surface area contributed by atoms with E-state index in [0.717, 1.165) is 16.1 Å². The summed E-state index contributed by atoms with van der Waals surface area (Å²) in [4.78, 5) is 0. The van der Waals surface area contributed by atoms with Crippen molar-refractivity contribution >= 4 is 0 Å². The van der Waals surface area contributed by atoms with E-state index in [9.17, 15) is 5.21 Å². The van der Waals surface area contributed by atoms with Crippen molar-refractivity contribution in [1.29, 1.82) is 0 Å². The minimum Gasteiger partial charge on any atom is -0.781 e. The molecule has 0 aromatic rings. The van der Waals surface area contributed by atoms with Crippen LogP contribution in [-0.2, 0) is 0 Å². The predicted octanol–water partition coefficient (Wildman–Crippen LogP) is -0.166. The van der Waals surface area contributed by atoms with E-state index in [4.69, 9.17) is 0 Å².